The Labute approximate surface area is 97.8 Å². The molecule has 17 heavy (non-hydrogen) atoms. The van der Waals surface area contributed by atoms with Gasteiger partial charge in [-0.05, 0) is 26.1 Å². The van der Waals surface area contributed by atoms with E-state index in [-0.39, 0.29) is 12.4 Å². The maximum atomic E-state index is 12.3. The summed E-state index contributed by atoms with van der Waals surface area (Å²) in [6.07, 6.45) is -4.23. The molecule has 0 saturated heterocycles. The van der Waals surface area contributed by atoms with E-state index >= 15 is 0 Å². The van der Waals surface area contributed by atoms with Crippen LogP contribution in [0.15, 0.2) is 12.1 Å². The number of aromatic nitrogens is 2. The monoisotopic (exact) mass is 248 g/mol. The Balaban J connectivity index is 2.75. The molecule has 96 valence electrons. The summed E-state index contributed by atoms with van der Waals surface area (Å²) in [5.74, 6) is 0.240. The van der Waals surface area contributed by atoms with Crippen LogP contribution in [0.1, 0.15) is 12.6 Å². The first-order valence-electron chi connectivity index (χ1n) is 5.25. The number of rotatable bonds is 5. The molecule has 0 radical (unpaired) electrons. The lowest BCUT2D eigenvalue weighted by molar-refractivity contribution is -0.119. The maximum Gasteiger partial charge on any atom is 0.405 e. The summed E-state index contributed by atoms with van der Waals surface area (Å²) < 4.78 is 36.8. The van der Waals surface area contributed by atoms with Crippen molar-refractivity contribution in [2.75, 3.05) is 25.0 Å². The molecule has 0 bridgehead atoms. The number of alkyl halides is 3. The molecule has 1 N–H and O–H groups in total. The molecule has 0 saturated carbocycles. The topological polar surface area (TPSA) is 41.0 Å². The van der Waals surface area contributed by atoms with Gasteiger partial charge in [0.2, 0.25) is 0 Å². The van der Waals surface area contributed by atoms with Crippen LogP contribution in [0.25, 0.3) is 0 Å². The third-order valence-corrected chi connectivity index (χ3v) is 2.14. The van der Waals surface area contributed by atoms with Gasteiger partial charge < -0.3 is 10.2 Å². The van der Waals surface area contributed by atoms with E-state index in [0.717, 1.165) is 4.90 Å². The highest BCUT2D eigenvalue weighted by atomic mass is 19.4. The number of hydrogen-bond acceptors (Lipinski definition) is 4. The molecular weight excluding hydrogens is 233 g/mol. The van der Waals surface area contributed by atoms with Crippen molar-refractivity contribution >= 4 is 5.82 Å². The van der Waals surface area contributed by atoms with E-state index in [9.17, 15) is 13.2 Å². The van der Waals surface area contributed by atoms with Crippen LogP contribution in [0, 0.1) is 0 Å². The highest BCUT2D eigenvalue weighted by Gasteiger charge is 2.30. The molecule has 1 heterocycles. The number of anilines is 1. The second-order valence-corrected chi connectivity index (χ2v) is 3.54. The smallest absolute Gasteiger partial charge is 0.346 e. The fraction of sp³-hybridized carbons (Fsp3) is 0.600. The van der Waals surface area contributed by atoms with Crippen LogP contribution in [0.4, 0.5) is 19.0 Å². The van der Waals surface area contributed by atoms with E-state index in [2.05, 4.69) is 15.5 Å². The summed E-state index contributed by atoms with van der Waals surface area (Å²) >= 11 is 0. The Morgan fingerprint density at radius 2 is 2.00 bits per heavy atom. The van der Waals surface area contributed by atoms with Crippen molar-refractivity contribution in [2.45, 2.75) is 19.6 Å². The summed E-state index contributed by atoms with van der Waals surface area (Å²) in [7, 11) is 1.76. The molecule has 0 fully saturated rings. The van der Waals surface area contributed by atoms with E-state index in [1.54, 1.807) is 26.1 Å². The second-order valence-electron chi connectivity index (χ2n) is 3.54. The Morgan fingerprint density at radius 1 is 1.29 bits per heavy atom. The lowest BCUT2D eigenvalue weighted by atomic mass is 10.3. The fourth-order valence-corrected chi connectivity index (χ4v) is 1.37. The third-order valence-electron chi connectivity index (χ3n) is 2.14. The minimum atomic E-state index is -4.23. The molecule has 0 unspecified atom stereocenters. The van der Waals surface area contributed by atoms with Crippen molar-refractivity contribution in [2.24, 2.45) is 0 Å². The quantitative estimate of drug-likeness (QED) is 0.859. The van der Waals surface area contributed by atoms with Crippen LogP contribution >= 0.6 is 0 Å². The van der Waals surface area contributed by atoms with Gasteiger partial charge in [-0.1, -0.05) is 0 Å². The van der Waals surface area contributed by atoms with Crippen molar-refractivity contribution in [3.05, 3.63) is 17.8 Å². The summed E-state index contributed by atoms with van der Waals surface area (Å²) in [6.45, 7) is 1.41. The number of halogens is 3. The Hall–Kier alpha value is -1.37. The Morgan fingerprint density at radius 3 is 2.41 bits per heavy atom. The highest BCUT2D eigenvalue weighted by Crippen LogP contribution is 2.19. The molecule has 0 aliphatic rings. The molecule has 0 aliphatic heterocycles. The average molecular weight is 248 g/mol. The van der Waals surface area contributed by atoms with Crippen LogP contribution in [0.3, 0.4) is 0 Å². The van der Waals surface area contributed by atoms with Crippen LogP contribution in [-0.2, 0) is 6.54 Å². The minimum Gasteiger partial charge on any atom is -0.346 e. The first kappa shape index (κ1) is 13.7. The van der Waals surface area contributed by atoms with Gasteiger partial charge in [0, 0.05) is 13.1 Å². The zero-order valence-electron chi connectivity index (χ0n) is 9.75. The van der Waals surface area contributed by atoms with E-state index in [1.165, 1.54) is 0 Å². The highest BCUT2D eigenvalue weighted by molar-refractivity contribution is 5.37. The van der Waals surface area contributed by atoms with Crippen molar-refractivity contribution in [1.29, 1.82) is 0 Å². The van der Waals surface area contributed by atoms with E-state index in [1.807, 2.05) is 0 Å². The molecule has 0 spiro atoms. The van der Waals surface area contributed by atoms with Crippen molar-refractivity contribution in [3.63, 3.8) is 0 Å². The van der Waals surface area contributed by atoms with E-state index in [0.29, 0.717) is 12.2 Å². The van der Waals surface area contributed by atoms with Crippen LogP contribution in [0.5, 0.6) is 0 Å². The second kappa shape index (κ2) is 5.81. The Kier molecular flexibility index (Phi) is 4.68. The largest absolute Gasteiger partial charge is 0.405 e. The van der Waals surface area contributed by atoms with Gasteiger partial charge in [0.05, 0.1) is 5.69 Å². The van der Waals surface area contributed by atoms with Gasteiger partial charge in [0.25, 0.3) is 0 Å². The Bertz CT molecular complexity index is 336. The molecule has 1 rings (SSSR count). The van der Waals surface area contributed by atoms with Crippen LogP contribution in [0.2, 0.25) is 0 Å². The summed E-state index contributed by atoms with van der Waals surface area (Å²) in [5, 5.41) is 10.5. The first-order valence-corrected chi connectivity index (χ1v) is 5.25. The molecule has 0 atom stereocenters. The molecule has 7 heteroatoms. The summed E-state index contributed by atoms with van der Waals surface area (Å²) in [6, 6.07) is 3.22. The molecule has 4 nitrogen and oxygen atoms in total. The first-order chi connectivity index (χ1) is 7.96. The molecule has 1 aromatic heterocycles. The predicted octanol–water partition coefficient (Wildman–Crippen LogP) is 1.58. The van der Waals surface area contributed by atoms with Crippen LogP contribution in [-0.4, -0.2) is 36.5 Å². The van der Waals surface area contributed by atoms with Gasteiger partial charge in [-0.25, -0.2) is 0 Å². The van der Waals surface area contributed by atoms with E-state index < -0.39 is 12.7 Å². The fourth-order valence-electron chi connectivity index (χ4n) is 1.37. The normalized spacial score (nSPS) is 11.6. The zero-order chi connectivity index (χ0) is 12.9. The molecule has 0 amide bonds. The average Bonchev–Trinajstić information content (AvgIpc) is 2.26. The maximum absolute atomic E-state index is 12.3. The summed E-state index contributed by atoms with van der Waals surface area (Å²) in [5.41, 5.74) is 0.694. The zero-order valence-corrected chi connectivity index (χ0v) is 9.75. The third kappa shape index (κ3) is 4.56. The standard InChI is InChI=1S/C10H15F3N4/c1-3-17(7-10(11,12)13)9-5-4-8(6-14-2)15-16-9/h4-5,14H,3,6-7H2,1-2H3. The van der Waals surface area contributed by atoms with Crippen molar-refractivity contribution in [3.8, 4) is 0 Å². The SMILES string of the molecule is CCN(CC(F)(F)F)c1ccc(CNC)nn1. The lowest BCUT2D eigenvalue weighted by Crippen LogP contribution is -2.34. The number of hydrogen-bond donors (Lipinski definition) is 1. The van der Waals surface area contributed by atoms with Crippen molar-refractivity contribution < 1.29 is 13.2 Å². The van der Waals surface area contributed by atoms with Gasteiger partial charge in [-0.3, -0.25) is 0 Å². The van der Waals surface area contributed by atoms with Gasteiger partial charge in [0.15, 0.2) is 5.82 Å². The van der Waals surface area contributed by atoms with Crippen molar-refractivity contribution in [1.82, 2.24) is 15.5 Å². The van der Waals surface area contributed by atoms with Gasteiger partial charge in [-0.15, -0.1) is 5.10 Å². The minimum absolute atomic E-state index is 0.236. The molecule has 0 aromatic carbocycles. The molecule has 0 aliphatic carbocycles. The van der Waals surface area contributed by atoms with Gasteiger partial charge >= 0.3 is 6.18 Å². The molecule has 1 aromatic rings. The van der Waals surface area contributed by atoms with Gasteiger partial charge in [-0.2, -0.15) is 18.3 Å². The van der Waals surface area contributed by atoms with Crippen LogP contribution < -0.4 is 10.2 Å². The molecular formula is C10H15F3N4. The lowest BCUT2D eigenvalue weighted by Gasteiger charge is -2.22. The number of nitrogens with zero attached hydrogens (tertiary/aromatic N) is 3. The van der Waals surface area contributed by atoms with Gasteiger partial charge in [0.1, 0.15) is 6.54 Å². The summed E-state index contributed by atoms with van der Waals surface area (Å²) in [4.78, 5) is 1.14. The predicted molar refractivity (Wildman–Crippen MR) is 58.7 cm³/mol. The van der Waals surface area contributed by atoms with E-state index in [4.69, 9.17) is 0 Å². The number of nitrogens with one attached hydrogen (secondary N) is 1.